The van der Waals surface area contributed by atoms with Crippen LogP contribution in [0.4, 0.5) is 0 Å². The molecule has 0 saturated heterocycles. The summed E-state index contributed by atoms with van der Waals surface area (Å²) < 4.78 is 0. The molecular weight excluding hydrogens is 204 g/mol. The highest BCUT2D eigenvalue weighted by molar-refractivity contribution is 5.75. The summed E-state index contributed by atoms with van der Waals surface area (Å²) in [5.74, 6) is 0.0185. The Morgan fingerprint density at radius 1 is 1.50 bits per heavy atom. The summed E-state index contributed by atoms with van der Waals surface area (Å²) in [5.41, 5.74) is 0.647. The molecule has 0 unspecified atom stereocenters. The highest BCUT2D eigenvalue weighted by Crippen LogP contribution is 2.03. The van der Waals surface area contributed by atoms with Gasteiger partial charge in [-0.05, 0) is 26.3 Å². The van der Waals surface area contributed by atoms with E-state index in [0.717, 1.165) is 6.41 Å². The third-order valence-corrected chi connectivity index (χ3v) is 2.03. The van der Waals surface area contributed by atoms with Gasteiger partial charge in [0, 0.05) is 25.2 Å². The fourth-order valence-corrected chi connectivity index (χ4v) is 1.25. The van der Waals surface area contributed by atoms with E-state index < -0.39 is 0 Å². The van der Waals surface area contributed by atoms with Crippen LogP contribution in [0.2, 0.25) is 0 Å². The summed E-state index contributed by atoms with van der Waals surface area (Å²) in [6.45, 7) is 8.66. The second-order valence-electron chi connectivity index (χ2n) is 3.35. The van der Waals surface area contributed by atoms with Crippen molar-refractivity contribution in [2.45, 2.75) is 26.7 Å². The van der Waals surface area contributed by atoms with Crippen LogP contribution in [0.1, 0.15) is 26.7 Å². The summed E-state index contributed by atoms with van der Waals surface area (Å²) in [6, 6.07) is 0. The third-order valence-electron chi connectivity index (χ3n) is 2.03. The van der Waals surface area contributed by atoms with E-state index in [1.54, 1.807) is 6.08 Å². The zero-order valence-corrected chi connectivity index (χ0v) is 10.0. The largest absolute Gasteiger partial charge is 0.356 e. The molecular formula is C12H20N2O2. The summed E-state index contributed by atoms with van der Waals surface area (Å²) in [6.07, 6.45) is 5.39. The summed E-state index contributed by atoms with van der Waals surface area (Å²) in [7, 11) is 0. The lowest BCUT2D eigenvalue weighted by molar-refractivity contribution is -0.122. The Morgan fingerprint density at radius 2 is 2.19 bits per heavy atom. The van der Waals surface area contributed by atoms with Crippen molar-refractivity contribution < 1.29 is 9.59 Å². The average molecular weight is 224 g/mol. The number of rotatable bonds is 8. The Labute approximate surface area is 97.0 Å². The van der Waals surface area contributed by atoms with E-state index in [9.17, 15) is 9.59 Å². The maximum atomic E-state index is 11.2. The lowest BCUT2D eigenvalue weighted by Gasteiger charge is -2.16. The van der Waals surface area contributed by atoms with E-state index in [2.05, 4.69) is 11.9 Å². The molecule has 16 heavy (non-hydrogen) atoms. The molecule has 0 bridgehead atoms. The van der Waals surface area contributed by atoms with Gasteiger partial charge in [0.05, 0.1) is 0 Å². The Hall–Kier alpha value is -1.58. The van der Waals surface area contributed by atoms with Gasteiger partial charge in [-0.2, -0.15) is 0 Å². The molecule has 4 heteroatoms. The minimum Gasteiger partial charge on any atom is -0.356 e. The number of hydrogen-bond acceptors (Lipinski definition) is 2. The summed E-state index contributed by atoms with van der Waals surface area (Å²) in [4.78, 5) is 23.4. The first-order chi connectivity index (χ1) is 7.65. The first kappa shape index (κ1) is 14.4. The summed E-state index contributed by atoms with van der Waals surface area (Å²) >= 11 is 0. The van der Waals surface area contributed by atoms with E-state index in [4.69, 9.17) is 0 Å². The van der Waals surface area contributed by atoms with Crippen molar-refractivity contribution in [1.82, 2.24) is 10.2 Å². The molecule has 0 aliphatic carbocycles. The number of nitrogens with zero attached hydrogens (tertiary/aromatic N) is 1. The Balaban J connectivity index is 3.92. The van der Waals surface area contributed by atoms with E-state index in [1.165, 1.54) is 4.90 Å². The Bertz CT molecular complexity index is 272. The van der Waals surface area contributed by atoms with Crippen LogP contribution >= 0.6 is 0 Å². The molecule has 0 aliphatic rings. The second kappa shape index (κ2) is 8.71. The normalized spacial score (nSPS) is 10.1. The van der Waals surface area contributed by atoms with Gasteiger partial charge >= 0.3 is 0 Å². The fourth-order valence-electron chi connectivity index (χ4n) is 1.25. The molecule has 0 fully saturated rings. The minimum atomic E-state index is 0.0185. The second-order valence-corrected chi connectivity index (χ2v) is 3.35. The van der Waals surface area contributed by atoms with Gasteiger partial charge in [0.15, 0.2) is 0 Å². The molecule has 4 nitrogen and oxygen atoms in total. The zero-order chi connectivity index (χ0) is 12.4. The Kier molecular flexibility index (Phi) is 7.85. The molecule has 0 saturated carbocycles. The minimum absolute atomic E-state index is 0.0185. The highest BCUT2D eigenvalue weighted by atomic mass is 16.1. The summed E-state index contributed by atoms with van der Waals surface area (Å²) in [5, 5.41) is 2.71. The van der Waals surface area contributed by atoms with Crippen LogP contribution in [0.5, 0.6) is 0 Å². The van der Waals surface area contributed by atoms with Gasteiger partial charge in [-0.15, -0.1) is 0 Å². The van der Waals surface area contributed by atoms with E-state index >= 15 is 0 Å². The van der Waals surface area contributed by atoms with Crippen molar-refractivity contribution in [2.75, 3.05) is 13.1 Å². The van der Waals surface area contributed by atoms with Crippen molar-refractivity contribution in [3.05, 3.63) is 24.4 Å². The van der Waals surface area contributed by atoms with Crippen molar-refractivity contribution in [2.24, 2.45) is 0 Å². The first-order valence-corrected chi connectivity index (χ1v) is 5.45. The highest BCUT2D eigenvalue weighted by Gasteiger charge is 2.05. The van der Waals surface area contributed by atoms with Crippen molar-refractivity contribution >= 4 is 12.3 Å². The first-order valence-electron chi connectivity index (χ1n) is 5.45. The SMILES string of the molecule is C=C(/C=C\C)N(C=O)CCCC(=O)NCC. The molecule has 0 spiro atoms. The number of amides is 2. The van der Waals surface area contributed by atoms with Gasteiger partial charge < -0.3 is 10.2 Å². The molecule has 0 aliphatic heterocycles. The van der Waals surface area contributed by atoms with Gasteiger partial charge in [0.2, 0.25) is 12.3 Å². The molecule has 0 rings (SSSR count). The van der Waals surface area contributed by atoms with Crippen molar-refractivity contribution in [1.29, 1.82) is 0 Å². The molecule has 0 aromatic carbocycles. The van der Waals surface area contributed by atoms with Crippen LogP contribution in [0.3, 0.4) is 0 Å². The number of carbonyl (C=O) groups excluding carboxylic acids is 2. The lowest BCUT2D eigenvalue weighted by atomic mass is 10.2. The van der Waals surface area contributed by atoms with Crippen LogP contribution in [-0.4, -0.2) is 30.3 Å². The van der Waals surface area contributed by atoms with Crippen LogP contribution < -0.4 is 5.32 Å². The Morgan fingerprint density at radius 3 is 2.69 bits per heavy atom. The van der Waals surface area contributed by atoms with Crippen molar-refractivity contribution in [3.8, 4) is 0 Å². The van der Waals surface area contributed by atoms with Gasteiger partial charge in [0.25, 0.3) is 0 Å². The monoisotopic (exact) mass is 224 g/mol. The van der Waals surface area contributed by atoms with Gasteiger partial charge in [-0.1, -0.05) is 12.7 Å². The molecule has 0 aromatic rings. The molecule has 90 valence electrons. The van der Waals surface area contributed by atoms with Gasteiger partial charge in [-0.3, -0.25) is 9.59 Å². The fraction of sp³-hybridized carbons (Fsp3) is 0.500. The van der Waals surface area contributed by atoms with E-state index in [0.29, 0.717) is 31.6 Å². The van der Waals surface area contributed by atoms with Crippen LogP contribution in [0.15, 0.2) is 24.4 Å². The van der Waals surface area contributed by atoms with E-state index in [1.807, 2.05) is 19.9 Å². The van der Waals surface area contributed by atoms with Crippen molar-refractivity contribution in [3.63, 3.8) is 0 Å². The predicted octanol–water partition coefficient (Wildman–Crippen LogP) is 1.45. The number of carbonyl (C=O) groups is 2. The van der Waals surface area contributed by atoms with Gasteiger partial charge in [-0.25, -0.2) is 0 Å². The van der Waals surface area contributed by atoms with Gasteiger partial charge in [0.1, 0.15) is 0 Å². The molecule has 0 heterocycles. The van der Waals surface area contributed by atoms with Crippen LogP contribution in [0.25, 0.3) is 0 Å². The topological polar surface area (TPSA) is 49.4 Å². The molecule has 2 amide bonds. The quantitative estimate of drug-likeness (QED) is 0.501. The standard InChI is InChI=1S/C12H20N2O2/c1-4-7-11(3)14(10-15)9-6-8-12(16)13-5-2/h4,7,10H,3,5-6,8-9H2,1-2H3,(H,13,16)/b7-4-. The molecule has 0 atom stereocenters. The number of nitrogens with one attached hydrogen (secondary N) is 1. The lowest BCUT2D eigenvalue weighted by Crippen LogP contribution is -2.25. The maximum absolute atomic E-state index is 11.2. The predicted molar refractivity (Wildman–Crippen MR) is 64.6 cm³/mol. The average Bonchev–Trinajstić information content (AvgIpc) is 2.25. The molecule has 0 aromatic heterocycles. The van der Waals surface area contributed by atoms with E-state index in [-0.39, 0.29) is 5.91 Å². The van der Waals surface area contributed by atoms with Crippen LogP contribution in [-0.2, 0) is 9.59 Å². The maximum Gasteiger partial charge on any atom is 0.220 e. The molecule has 1 N–H and O–H groups in total. The third kappa shape index (κ3) is 6.01. The van der Waals surface area contributed by atoms with Crippen LogP contribution in [0, 0.1) is 0 Å². The number of allylic oxidation sites excluding steroid dienone is 2. The molecule has 0 radical (unpaired) electrons. The zero-order valence-electron chi connectivity index (χ0n) is 10.0. The smallest absolute Gasteiger partial charge is 0.220 e. The number of hydrogen-bond donors (Lipinski definition) is 1.